The molecule has 4 aromatic rings. The lowest BCUT2D eigenvalue weighted by Crippen LogP contribution is -2.13. The highest BCUT2D eigenvalue weighted by Gasteiger charge is 2.13. The smallest absolute Gasteiger partial charge is 0.268 e. The number of anilines is 1. The molecule has 3 aromatic carbocycles. The number of amides is 1. The fourth-order valence-corrected chi connectivity index (χ4v) is 4.14. The minimum Gasteiger partial charge on any atom is -0.493 e. The Kier molecular flexibility index (Phi) is 9.00. The van der Waals surface area contributed by atoms with Gasteiger partial charge in [-0.1, -0.05) is 91.1 Å². The average Bonchev–Trinajstić information content (AvgIpc) is 3.42. The molecule has 0 aliphatic rings. The SMILES string of the molecule is CCc1nnc(NC(=O)/C(C#N)=C/c2ccc(OCc3ccc(/C=C/c4ccccc4)cc3)c(OC)c2)s1. The van der Waals surface area contributed by atoms with Gasteiger partial charge in [0.15, 0.2) is 11.5 Å². The molecular weight excluding hydrogens is 496 g/mol. The fraction of sp³-hybridized carbons (Fsp3) is 0.133. The summed E-state index contributed by atoms with van der Waals surface area (Å²) in [6.07, 6.45) is 6.36. The third-order valence-electron chi connectivity index (χ3n) is 5.50. The van der Waals surface area contributed by atoms with E-state index in [1.54, 1.807) is 25.3 Å². The maximum atomic E-state index is 12.5. The van der Waals surface area contributed by atoms with Gasteiger partial charge in [-0.2, -0.15) is 5.26 Å². The van der Waals surface area contributed by atoms with Crippen molar-refractivity contribution in [2.24, 2.45) is 0 Å². The molecule has 0 saturated heterocycles. The van der Waals surface area contributed by atoms with Gasteiger partial charge in [0.1, 0.15) is 23.3 Å². The summed E-state index contributed by atoms with van der Waals surface area (Å²) in [6, 6.07) is 25.5. The van der Waals surface area contributed by atoms with E-state index in [0.29, 0.717) is 28.8 Å². The van der Waals surface area contributed by atoms with Crippen molar-refractivity contribution < 1.29 is 14.3 Å². The average molecular weight is 523 g/mol. The van der Waals surface area contributed by atoms with Crippen LogP contribution in [0.1, 0.15) is 34.2 Å². The number of ether oxygens (including phenoxy) is 2. The Morgan fingerprint density at radius 3 is 2.34 bits per heavy atom. The van der Waals surface area contributed by atoms with Gasteiger partial charge < -0.3 is 9.47 Å². The van der Waals surface area contributed by atoms with Crippen molar-refractivity contribution in [1.29, 1.82) is 5.26 Å². The fourth-order valence-electron chi connectivity index (χ4n) is 3.46. The van der Waals surface area contributed by atoms with Gasteiger partial charge in [-0.15, -0.1) is 10.2 Å². The molecule has 190 valence electrons. The maximum Gasteiger partial charge on any atom is 0.268 e. The highest BCUT2D eigenvalue weighted by Crippen LogP contribution is 2.30. The van der Waals surface area contributed by atoms with Crippen LogP contribution < -0.4 is 14.8 Å². The zero-order valence-electron chi connectivity index (χ0n) is 21.0. The molecule has 0 radical (unpaired) electrons. The highest BCUT2D eigenvalue weighted by molar-refractivity contribution is 7.15. The topological polar surface area (TPSA) is 97.1 Å². The molecule has 1 aromatic heterocycles. The Bertz CT molecular complexity index is 1490. The number of aromatic nitrogens is 2. The molecule has 7 nitrogen and oxygen atoms in total. The van der Waals surface area contributed by atoms with E-state index in [2.05, 4.69) is 39.8 Å². The number of benzene rings is 3. The molecule has 0 spiro atoms. The number of aryl methyl sites for hydroxylation is 1. The third kappa shape index (κ3) is 7.15. The summed E-state index contributed by atoms with van der Waals surface area (Å²) in [6.45, 7) is 2.32. The molecule has 38 heavy (non-hydrogen) atoms. The Morgan fingerprint density at radius 2 is 1.68 bits per heavy atom. The van der Waals surface area contributed by atoms with Crippen molar-refractivity contribution in [3.8, 4) is 17.6 Å². The number of hydrogen-bond acceptors (Lipinski definition) is 7. The van der Waals surface area contributed by atoms with E-state index in [1.165, 1.54) is 17.4 Å². The minimum absolute atomic E-state index is 0.0598. The predicted molar refractivity (Wildman–Crippen MR) is 151 cm³/mol. The summed E-state index contributed by atoms with van der Waals surface area (Å²) in [5, 5.41) is 21.2. The van der Waals surface area contributed by atoms with E-state index in [-0.39, 0.29) is 5.57 Å². The van der Waals surface area contributed by atoms with Gasteiger partial charge in [-0.05, 0) is 46.9 Å². The first kappa shape index (κ1) is 26.3. The number of methoxy groups -OCH3 is 1. The zero-order chi connectivity index (χ0) is 26.7. The number of hydrogen-bond donors (Lipinski definition) is 1. The number of nitrogens with zero attached hydrogens (tertiary/aromatic N) is 3. The highest BCUT2D eigenvalue weighted by atomic mass is 32.1. The van der Waals surface area contributed by atoms with Gasteiger partial charge >= 0.3 is 0 Å². The van der Waals surface area contributed by atoms with Crippen LogP contribution in [0.25, 0.3) is 18.2 Å². The van der Waals surface area contributed by atoms with Gasteiger partial charge in [0.2, 0.25) is 5.13 Å². The lowest BCUT2D eigenvalue weighted by molar-refractivity contribution is -0.112. The molecule has 0 fully saturated rings. The molecule has 0 aliphatic carbocycles. The van der Waals surface area contributed by atoms with Crippen LogP contribution in [0.3, 0.4) is 0 Å². The zero-order valence-corrected chi connectivity index (χ0v) is 21.9. The first-order valence-electron chi connectivity index (χ1n) is 12.0. The standard InChI is InChI=1S/C30H26N4O3S/c1-3-28-33-34-30(38-28)32-29(35)25(19-31)17-24-15-16-26(27(18-24)36-2)37-20-23-13-11-22(12-14-23)10-9-21-7-5-4-6-8-21/h4-18H,3,20H2,1-2H3,(H,32,34,35)/b10-9+,25-17+. The minimum atomic E-state index is -0.548. The first-order chi connectivity index (χ1) is 18.6. The molecule has 0 saturated carbocycles. The summed E-state index contributed by atoms with van der Waals surface area (Å²) in [5.74, 6) is 0.504. The van der Waals surface area contributed by atoms with Gasteiger partial charge in [0.05, 0.1) is 7.11 Å². The van der Waals surface area contributed by atoms with E-state index >= 15 is 0 Å². The van der Waals surface area contributed by atoms with Crippen LogP contribution in [0, 0.1) is 11.3 Å². The third-order valence-corrected chi connectivity index (χ3v) is 6.48. The molecule has 4 rings (SSSR count). The van der Waals surface area contributed by atoms with Crippen molar-refractivity contribution in [3.63, 3.8) is 0 Å². The second kappa shape index (κ2) is 13.0. The van der Waals surface area contributed by atoms with Crippen molar-refractivity contribution in [1.82, 2.24) is 10.2 Å². The van der Waals surface area contributed by atoms with Crippen molar-refractivity contribution >= 4 is 40.6 Å². The molecule has 0 aliphatic heterocycles. The molecule has 0 unspecified atom stereocenters. The van der Waals surface area contributed by atoms with Crippen LogP contribution in [-0.4, -0.2) is 23.2 Å². The normalized spacial score (nSPS) is 11.2. The van der Waals surface area contributed by atoms with E-state index < -0.39 is 5.91 Å². The van der Waals surface area contributed by atoms with Crippen molar-refractivity contribution in [2.75, 3.05) is 12.4 Å². The first-order valence-corrected chi connectivity index (χ1v) is 12.8. The largest absolute Gasteiger partial charge is 0.493 e. The summed E-state index contributed by atoms with van der Waals surface area (Å²) >= 11 is 1.28. The van der Waals surface area contributed by atoms with Gasteiger partial charge in [-0.25, -0.2) is 0 Å². The van der Waals surface area contributed by atoms with Crippen LogP contribution >= 0.6 is 11.3 Å². The van der Waals surface area contributed by atoms with Crippen molar-refractivity contribution in [3.05, 3.63) is 106 Å². The molecule has 0 atom stereocenters. The number of rotatable bonds is 10. The van der Waals surface area contributed by atoms with Gasteiger partial charge in [0.25, 0.3) is 5.91 Å². The summed E-state index contributed by atoms with van der Waals surface area (Å²) < 4.78 is 11.5. The number of carbonyl (C=O) groups is 1. The van der Waals surface area contributed by atoms with E-state index in [1.807, 2.05) is 55.5 Å². The molecule has 1 N–H and O–H groups in total. The summed E-state index contributed by atoms with van der Waals surface area (Å²) in [7, 11) is 1.54. The lowest BCUT2D eigenvalue weighted by atomic mass is 10.1. The second-order valence-corrected chi connectivity index (χ2v) is 9.23. The lowest BCUT2D eigenvalue weighted by Gasteiger charge is -2.12. The number of carbonyl (C=O) groups excluding carboxylic acids is 1. The summed E-state index contributed by atoms with van der Waals surface area (Å²) in [4.78, 5) is 12.5. The Labute approximate surface area is 225 Å². The second-order valence-electron chi connectivity index (χ2n) is 8.16. The summed E-state index contributed by atoms with van der Waals surface area (Å²) in [5.41, 5.74) is 3.83. The van der Waals surface area contributed by atoms with E-state index in [4.69, 9.17) is 9.47 Å². The van der Waals surface area contributed by atoms with E-state index in [0.717, 1.165) is 28.1 Å². The number of nitrogens with one attached hydrogen (secondary N) is 1. The van der Waals surface area contributed by atoms with Crippen LogP contribution in [-0.2, 0) is 17.8 Å². The van der Waals surface area contributed by atoms with Crippen LogP contribution in [0.5, 0.6) is 11.5 Å². The van der Waals surface area contributed by atoms with Crippen LogP contribution in [0.2, 0.25) is 0 Å². The monoisotopic (exact) mass is 522 g/mol. The van der Waals surface area contributed by atoms with E-state index in [9.17, 15) is 10.1 Å². The molecular formula is C30H26N4O3S. The molecule has 8 heteroatoms. The Hall–Kier alpha value is -4.74. The maximum absolute atomic E-state index is 12.5. The molecule has 1 heterocycles. The molecule has 1 amide bonds. The van der Waals surface area contributed by atoms with Crippen molar-refractivity contribution in [2.45, 2.75) is 20.0 Å². The molecule has 0 bridgehead atoms. The Morgan fingerprint density at radius 1 is 0.974 bits per heavy atom. The van der Waals surface area contributed by atoms with Gasteiger partial charge in [-0.3, -0.25) is 10.1 Å². The number of nitriles is 1. The van der Waals surface area contributed by atoms with Crippen LogP contribution in [0.15, 0.2) is 78.4 Å². The predicted octanol–water partition coefficient (Wildman–Crippen LogP) is 6.40. The quantitative estimate of drug-likeness (QED) is 0.147. The van der Waals surface area contributed by atoms with Gasteiger partial charge in [0, 0.05) is 0 Å². The van der Waals surface area contributed by atoms with Crippen LogP contribution in [0.4, 0.5) is 5.13 Å². The Balaban J connectivity index is 1.39.